The number of aliphatic hydroxyl groups excluding tert-OH is 2. The van der Waals surface area contributed by atoms with Crippen molar-refractivity contribution in [2.75, 3.05) is 13.2 Å². The highest BCUT2D eigenvalue weighted by molar-refractivity contribution is 7.47. The Morgan fingerprint density at radius 2 is 2.21 bits per heavy atom. The first kappa shape index (κ1) is 21.6. The Labute approximate surface area is 163 Å². The Hall–Kier alpha value is -1.10. The minimum atomic E-state index is -4.51. The van der Waals surface area contributed by atoms with E-state index < -0.39 is 45.1 Å². The number of hydrogen-bond donors (Lipinski definition) is 4. The minimum absolute atomic E-state index is 0.0236. The molecule has 0 bridgehead atoms. The van der Waals surface area contributed by atoms with Gasteiger partial charge >= 0.3 is 7.82 Å². The summed E-state index contributed by atoms with van der Waals surface area (Å²) in [6.07, 6.45) is -0.870. The van der Waals surface area contributed by atoms with Crippen LogP contribution in [0.2, 0.25) is 0 Å². The van der Waals surface area contributed by atoms with E-state index in [9.17, 15) is 19.7 Å². The first-order chi connectivity index (χ1) is 13.2. The molecule has 5 N–H and O–H groups in total. The van der Waals surface area contributed by atoms with Gasteiger partial charge in [0.05, 0.1) is 25.1 Å². The number of allylic oxidation sites excluding steroid dienone is 2. The quantitative estimate of drug-likeness (QED) is 0.428. The van der Waals surface area contributed by atoms with Gasteiger partial charge < -0.3 is 30.5 Å². The molecular formula is C17H28N3O7P. The van der Waals surface area contributed by atoms with Crippen LogP contribution in [0.15, 0.2) is 27.9 Å². The number of aliphatic imine (C=N–C) groups is 1. The van der Waals surface area contributed by atoms with Crippen LogP contribution < -0.4 is 5.73 Å². The van der Waals surface area contributed by atoms with E-state index in [1.165, 1.54) is 12.5 Å². The fraction of sp³-hybridized carbons (Fsp3) is 0.706. The molecule has 2 unspecified atom stereocenters. The summed E-state index contributed by atoms with van der Waals surface area (Å²) in [5, 5.41) is 20.4. The van der Waals surface area contributed by atoms with Gasteiger partial charge in [0.15, 0.2) is 6.23 Å². The number of hydrogen-bond acceptors (Lipinski definition) is 9. The zero-order valence-corrected chi connectivity index (χ0v) is 17.0. The van der Waals surface area contributed by atoms with Crippen LogP contribution in [0.5, 0.6) is 0 Å². The fourth-order valence-electron chi connectivity index (χ4n) is 3.48. The van der Waals surface area contributed by atoms with Crippen LogP contribution in [-0.2, 0) is 18.3 Å². The highest BCUT2D eigenvalue weighted by atomic mass is 31.2. The number of rotatable bonds is 7. The second-order valence-corrected chi connectivity index (χ2v) is 8.71. The molecule has 0 aromatic rings. The Morgan fingerprint density at radius 1 is 1.50 bits per heavy atom. The van der Waals surface area contributed by atoms with E-state index in [4.69, 9.17) is 19.5 Å². The summed E-state index contributed by atoms with van der Waals surface area (Å²) in [4.78, 5) is 16.1. The molecule has 2 aliphatic heterocycles. The Kier molecular flexibility index (Phi) is 6.43. The van der Waals surface area contributed by atoms with Gasteiger partial charge in [0.1, 0.15) is 18.3 Å². The SMILES string of the molecule is CC1=C(C)CC2N=CN([C@H]3O[C@H](CO)[C@@H](OP(=O)(O)O[C@H](C)CN)[C@H]3O)C2=C1. The monoisotopic (exact) mass is 417 g/mol. The Bertz CT molecular complexity index is 740. The summed E-state index contributed by atoms with van der Waals surface area (Å²) in [6, 6.07) is -0.0651. The van der Waals surface area contributed by atoms with Crippen molar-refractivity contribution >= 4 is 14.2 Å². The zero-order chi connectivity index (χ0) is 20.6. The van der Waals surface area contributed by atoms with Gasteiger partial charge in [0, 0.05) is 12.2 Å². The number of aliphatic hydroxyl groups is 2. The molecule has 1 aliphatic carbocycles. The van der Waals surface area contributed by atoms with E-state index in [0.29, 0.717) is 0 Å². The average Bonchev–Trinajstić information content (AvgIpc) is 3.16. The van der Waals surface area contributed by atoms with Gasteiger partial charge in [-0.05, 0) is 33.3 Å². The standard InChI is InChI=1S/C17H28N3O7P/c1-9-4-12-13(5-10(9)2)20(8-19-12)17-15(22)16(14(7-21)25-17)27-28(23,24)26-11(3)6-18/h5,8,11-12,14-17,21-22H,4,6-7,18H2,1-3H3,(H,23,24)/t11-,12?,14-,15-,16-,17+/m1/s1. The molecule has 3 aliphatic rings. The van der Waals surface area contributed by atoms with Crippen molar-refractivity contribution < 1.29 is 33.5 Å². The Balaban J connectivity index is 1.78. The zero-order valence-electron chi connectivity index (χ0n) is 16.1. The van der Waals surface area contributed by atoms with E-state index in [-0.39, 0.29) is 12.6 Å². The van der Waals surface area contributed by atoms with Crippen molar-refractivity contribution in [2.45, 2.75) is 63.9 Å². The number of nitrogens with zero attached hydrogens (tertiary/aromatic N) is 2. The number of fused-ring (bicyclic) bond motifs is 1. The number of phosphoric ester groups is 1. The summed E-state index contributed by atoms with van der Waals surface area (Å²) in [5.41, 5.74) is 8.62. The second kappa shape index (κ2) is 8.33. The van der Waals surface area contributed by atoms with Crippen molar-refractivity contribution in [3.63, 3.8) is 0 Å². The summed E-state index contributed by atoms with van der Waals surface area (Å²) < 4.78 is 28.0. The maximum atomic E-state index is 12.2. The second-order valence-electron chi connectivity index (χ2n) is 7.35. The number of nitrogens with two attached hydrogens (primary N) is 1. The van der Waals surface area contributed by atoms with Gasteiger partial charge in [-0.1, -0.05) is 11.1 Å². The number of ether oxygens (including phenoxy) is 1. The van der Waals surface area contributed by atoms with Gasteiger partial charge in [-0.25, -0.2) is 4.57 Å². The average molecular weight is 417 g/mol. The molecule has 7 atom stereocenters. The molecule has 2 heterocycles. The molecule has 11 heteroatoms. The third kappa shape index (κ3) is 4.24. The van der Waals surface area contributed by atoms with Gasteiger partial charge in [-0.2, -0.15) is 0 Å². The van der Waals surface area contributed by atoms with Gasteiger partial charge in [-0.15, -0.1) is 0 Å². The molecule has 0 spiro atoms. The lowest BCUT2D eigenvalue weighted by Gasteiger charge is -2.30. The van der Waals surface area contributed by atoms with Crippen molar-refractivity contribution in [2.24, 2.45) is 10.7 Å². The first-order valence-electron chi connectivity index (χ1n) is 9.20. The minimum Gasteiger partial charge on any atom is -0.394 e. The van der Waals surface area contributed by atoms with Crippen molar-refractivity contribution in [3.8, 4) is 0 Å². The molecule has 3 rings (SSSR count). The van der Waals surface area contributed by atoms with E-state index in [1.54, 1.807) is 11.2 Å². The highest BCUT2D eigenvalue weighted by Crippen LogP contribution is 2.49. The van der Waals surface area contributed by atoms with E-state index in [0.717, 1.165) is 17.7 Å². The lowest BCUT2D eigenvalue weighted by Crippen LogP contribution is -2.43. The molecule has 158 valence electrons. The lowest BCUT2D eigenvalue weighted by molar-refractivity contribution is -0.0600. The number of phosphoric acid groups is 1. The molecule has 0 amide bonds. The fourth-order valence-corrected chi connectivity index (χ4v) is 4.64. The van der Waals surface area contributed by atoms with Crippen LogP contribution in [0.4, 0.5) is 0 Å². The van der Waals surface area contributed by atoms with Crippen molar-refractivity contribution in [3.05, 3.63) is 22.9 Å². The van der Waals surface area contributed by atoms with E-state index in [1.807, 2.05) is 13.0 Å². The summed E-state index contributed by atoms with van der Waals surface area (Å²) in [5.74, 6) is 0. The summed E-state index contributed by atoms with van der Waals surface area (Å²) in [6.45, 7) is 5.09. The van der Waals surface area contributed by atoms with Crippen molar-refractivity contribution in [1.29, 1.82) is 0 Å². The lowest BCUT2D eigenvalue weighted by atomic mass is 9.94. The van der Waals surface area contributed by atoms with Crippen molar-refractivity contribution in [1.82, 2.24) is 4.90 Å². The molecular weight excluding hydrogens is 389 g/mol. The Morgan fingerprint density at radius 3 is 2.86 bits per heavy atom. The van der Waals surface area contributed by atoms with Crippen LogP contribution in [0.1, 0.15) is 27.2 Å². The molecule has 0 radical (unpaired) electrons. The molecule has 0 aromatic carbocycles. The van der Waals surface area contributed by atoms with Gasteiger partial charge in [-0.3, -0.25) is 14.0 Å². The molecule has 10 nitrogen and oxygen atoms in total. The molecule has 28 heavy (non-hydrogen) atoms. The topological polar surface area (TPSA) is 147 Å². The highest BCUT2D eigenvalue weighted by Gasteiger charge is 2.51. The molecule has 0 saturated carbocycles. The maximum absolute atomic E-state index is 12.2. The summed E-state index contributed by atoms with van der Waals surface area (Å²) in [7, 11) is -4.51. The third-order valence-electron chi connectivity index (χ3n) is 5.21. The van der Waals surface area contributed by atoms with Crippen LogP contribution in [0, 0.1) is 0 Å². The largest absolute Gasteiger partial charge is 0.472 e. The molecule has 1 saturated heterocycles. The molecule has 1 fully saturated rings. The van der Waals surface area contributed by atoms with Crippen LogP contribution in [-0.4, -0.2) is 76.2 Å². The van der Waals surface area contributed by atoms with E-state index in [2.05, 4.69) is 11.9 Å². The molecule has 0 aromatic heterocycles. The van der Waals surface area contributed by atoms with Crippen LogP contribution in [0.3, 0.4) is 0 Å². The third-order valence-corrected chi connectivity index (χ3v) is 6.35. The first-order valence-corrected chi connectivity index (χ1v) is 10.7. The summed E-state index contributed by atoms with van der Waals surface area (Å²) >= 11 is 0. The predicted octanol–water partition coefficient (Wildman–Crippen LogP) is 0.250. The predicted molar refractivity (Wildman–Crippen MR) is 101 cm³/mol. The van der Waals surface area contributed by atoms with Gasteiger partial charge in [0.25, 0.3) is 0 Å². The van der Waals surface area contributed by atoms with Crippen LogP contribution in [0.25, 0.3) is 0 Å². The maximum Gasteiger partial charge on any atom is 0.472 e. The normalized spacial score (nSPS) is 35.8. The van der Waals surface area contributed by atoms with Gasteiger partial charge in [0.2, 0.25) is 0 Å². The smallest absolute Gasteiger partial charge is 0.394 e. The van der Waals surface area contributed by atoms with E-state index >= 15 is 0 Å². The van der Waals surface area contributed by atoms with Crippen LogP contribution >= 0.6 is 7.82 Å².